The molecule has 3 N–H and O–H groups in total. The SMILES string of the molecule is O=C(Nc1cccc(C(F)(F)F)c1)c1ccc(-n2nc(-c3cc(CNC(=O)C4CC4)ccc3Cl)[nH]c2=O)cc1. The number of halogens is 4. The van der Waals surface area contributed by atoms with Crippen molar-refractivity contribution in [2.75, 3.05) is 5.32 Å². The number of anilines is 1. The first-order valence-corrected chi connectivity index (χ1v) is 12.3. The van der Waals surface area contributed by atoms with Crippen LogP contribution in [0.4, 0.5) is 18.9 Å². The third-order valence-electron chi connectivity index (χ3n) is 6.14. The van der Waals surface area contributed by atoms with Gasteiger partial charge in [-0.25, -0.2) is 4.79 Å². The van der Waals surface area contributed by atoms with Gasteiger partial charge in [0.1, 0.15) is 0 Å². The third kappa shape index (κ3) is 6.04. The summed E-state index contributed by atoms with van der Waals surface area (Å²) in [6.45, 7) is 0.314. The van der Waals surface area contributed by atoms with Gasteiger partial charge in [-0.2, -0.15) is 17.9 Å². The Morgan fingerprint density at radius 3 is 2.49 bits per heavy atom. The van der Waals surface area contributed by atoms with Crippen LogP contribution in [-0.2, 0) is 17.5 Å². The summed E-state index contributed by atoms with van der Waals surface area (Å²) in [4.78, 5) is 39.8. The average Bonchev–Trinajstić information content (AvgIpc) is 3.69. The molecular weight excluding hydrogens is 535 g/mol. The normalized spacial score (nSPS) is 13.2. The minimum absolute atomic E-state index is 0.00159. The first kappa shape index (κ1) is 26.2. The van der Waals surface area contributed by atoms with Gasteiger partial charge in [0.15, 0.2) is 5.82 Å². The Morgan fingerprint density at radius 1 is 1.05 bits per heavy atom. The van der Waals surface area contributed by atoms with Gasteiger partial charge in [-0.05, 0) is 73.0 Å². The second-order valence-corrected chi connectivity index (χ2v) is 9.48. The quantitative estimate of drug-likeness (QED) is 0.292. The molecule has 1 heterocycles. The Labute approximate surface area is 224 Å². The van der Waals surface area contributed by atoms with Crippen LogP contribution in [0.15, 0.2) is 71.5 Å². The molecule has 1 saturated carbocycles. The number of carbonyl (C=O) groups is 2. The number of alkyl halides is 3. The van der Waals surface area contributed by atoms with E-state index in [1.165, 1.54) is 36.4 Å². The van der Waals surface area contributed by atoms with E-state index in [0.29, 0.717) is 22.8 Å². The average molecular weight is 556 g/mol. The standard InChI is InChI=1S/C27H21ClF3N5O3/c28-22-11-4-15(14-32-24(37)16-5-6-16)12-21(22)23-34-26(39)36(35-23)20-9-7-17(8-10-20)25(38)33-19-3-1-2-18(13-19)27(29,30)31/h1-4,7-13,16H,5-6,14H2,(H,32,37)(H,33,38)(H,34,35,39). The van der Waals surface area contributed by atoms with Crippen LogP contribution in [0.25, 0.3) is 17.1 Å². The molecule has 39 heavy (non-hydrogen) atoms. The van der Waals surface area contributed by atoms with E-state index < -0.39 is 23.3 Å². The van der Waals surface area contributed by atoms with E-state index in [9.17, 15) is 27.6 Å². The predicted molar refractivity (Wildman–Crippen MR) is 139 cm³/mol. The van der Waals surface area contributed by atoms with Gasteiger partial charge in [-0.3, -0.25) is 14.6 Å². The number of nitrogens with one attached hydrogen (secondary N) is 3. The van der Waals surface area contributed by atoms with Crippen molar-refractivity contribution in [1.82, 2.24) is 20.1 Å². The number of amides is 2. The number of benzene rings is 3. The molecule has 0 atom stereocenters. The maximum Gasteiger partial charge on any atom is 0.416 e. The second kappa shape index (κ2) is 10.4. The van der Waals surface area contributed by atoms with E-state index in [-0.39, 0.29) is 28.9 Å². The van der Waals surface area contributed by atoms with Crippen molar-refractivity contribution < 1.29 is 22.8 Å². The Bertz CT molecular complexity index is 1610. The fourth-order valence-corrected chi connectivity index (χ4v) is 4.10. The number of aromatic nitrogens is 3. The zero-order valence-electron chi connectivity index (χ0n) is 20.2. The summed E-state index contributed by atoms with van der Waals surface area (Å²) in [6, 6.07) is 15.3. The van der Waals surface area contributed by atoms with Gasteiger partial charge in [0.05, 0.1) is 16.3 Å². The molecule has 5 rings (SSSR count). The number of rotatable bonds is 7. The number of nitrogens with zero attached hydrogens (tertiary/aromatic N) is 2. The lowest BCUT2D eigenvalue weighted by Gasteiger charge is -2.10. The van der Waals surface area contributed by atoms with Crippen molar-refractivity contribution in [3.8, 4) is 17.1 Å². The van der Waals surface area contributed by atoms with Gasteiger partial charge >= 0.3 is 11.9 Å². The molecule has 1 aliphatic rings. The van der Waals surface area contributed by atoms with Gasteiger partial charge in [0, 0.05) is 29.3 Å². The van der Waals surface area contributed by atoms with E-state index in [1.54, 1.807) is 18.2 Å². The highest BCUT2D eigenvalue weighted by molar-refractivity contribution is 6.33. The molecule has 0 aliphatic heterocycles. The molecule has 4 aromatic rings. The Hall–Kier alpha value is -4.38. The first-order valence-electron chi connectivity index (χ1n) is 11.9. The summed E-state index contributed by atoms with van der Waals surface area (Å²) >= 11 is 6.35. The van der Waals surface area contributed by atoms with Crippen LogP contribution in [-0.4, -0.2) is 26.6 Å². The van der Waals surface area contributed by atoms with E-state index in [2.05, 4.69) is 20.7 Å². The number of hydrogen-bond donors (Lipinski definition) is 3. The summed E-state index contributed by atoms with van der Waals surface area (Å²) in [5.41, 5.74) is 0.356. The van der Waals surface area contributed by atoms with Crippen molar-refractivity contribution in [3.05, 3.63) is 98.9 Å². The molecule has 0 radical (unpaired) electrons. The van der Waals surface area contributed by atoms with E-state index >= 15 is 0 Å². The van der Waals surface area contributed by atoms with E-state index in [1.807, 2.05) is 0 Å². The van der Waals surface area contributed by atoms with Crippen LogP contribution < -0.4 is 16.3 Å². The van der Waals surface area contributed by atoms with Crippen molar-refractivity contribution >= 4 is 29.1 Å². The largest absolute Gasteiger partial charge is 0.416 e. The number of H-pyrrole nitrogens is 1. The summed E-state index contributed by atoms with van der Waals surface area (Å²) in [7, 11) is 0. The molecule has 3 aromatic carbocycles. The van der Waals surface area contributed by atoms with Gasteiger partial charge in [-0.1, -0.05) is 23.7 Å². The molecule has 200 valence electrons. The maximum absolute atomic E-state index is 12.9. The van der Waals surface area contributed by atoms with Crippen molar-refractivity contribution in [2.45, 2.75) is 25.6 Å². The van der Waals surface area contributed by atoms with Crippen LogP contribution >= 0.6 is 11.6 Å². The van der Waals surface area contributed by atoms with Gasteiger partial charge in [0.25, 0.3) is 5.91 Å². The zero-order valence-corrected chi connectivity index (χ0v) is 20.9. The molecule has 0 spiro atoms. The lowest BCUT2D eigenvalue weighted by Crippen LogP contribution is -2.24. The van der Waals surface area contributed by atoms with Crippen LogP contribution in [0.3, 0.4) is 0 Å². The maximum atomic E-state index is 12.9. The smallest absolute Gasteiger partial charge is 0.352 e. The highest BCUT2D eigenvalue weighted by atomic mass is 35.5. The van der Waals surface area contributed by atoms with E-state index in [0.717, 1.165) is 35.2 Å². The van der Waals surface area contributed by atoms with Gasteiger partial charge in [0.2, 0.25) is 5.91 Å². The lowest BCUT2D eigenvalue weighted by atomic mass is 10.1. The summed E-state index contributed by atoms with van der Waals surface area (Å²) < 4.78 is 39.9. The fraction of sp³-hybridized carbons (Fsp3) is 0.185. The zero-order chi connectivity index (χ0) is 27.7. The highest BCUT2D eigenvalue weighted by Crippen LogP contribution is 2.31. The Kier molecular flexibility index (Phi) is 7.00. The molecule has 2 amide bonds. The molecule has 8 nitrogen and oxygen atoms in total. The predicted octanol–water partition coefficient (Wildman–Crippen LogP) is 5.18. The molecular formula is C27H21ClF3N5O3. The summed E-state index contributed by atoms with van der Waals surface area (Å²) in [6.07, 6.45) is -2.73. The number of carbonyl (C=O) groups excluding carboxylic acids is 2. The molecule has 0 unspecified atom stereocenters. The van der Waals surface area contributed by atoms with Crippen LogP contribution in [0, 0.1) is 5.92 Å². The molecule has 0 saturated heterocycles. The van der Waals surface area contributed by atoms with Crippen LogP contribution in [0.2, 0.25) is 5.02 Å². The highest BCUT2D eigenvalue weighted by Gasteiger charge is 2.31. The van der Waals surface area contributed by atoms with Crippen LogP contribution in [0.1, 0.15) is 34.3 Å². The molecule has 1 aromatic heterocycles. The van der Waals surface area contributed by atoms with Gasteiger partial charge in [-0.15, -0.1) is 5.10 Å². The first-order chi connectivity index (χ1) is 18.6. The van der Waals surface area contributed by atoms with Crippen molar-refractivity contribution in [1.29, 1.82) is 0 Å². The Balaban J connectivity index is 1.31. The number of hydrogen-bond acceptors (Lipinski definition) is 4. The van der Waals surface area contributed by atoms with Crippen LogP contribution in [0.5, 0.6) is 0 Å². The molecule has 0 bridgehead atoms. The third-order valence-corrected chi connectivity index (χ3v) is 6.47. The minimum atomic E-state index is -4.53. The monoisotopic (exact) mass is 555 g/mol. The summed E-state index contributed by atoms with van der Waals surface area (Å²) in [5, 5.41) is 10.00. The van der Waals surface area contributed by atoms with E-state index in [4.69, 9.17) is 11.6 Å². The summed E-state index contributed by atoms with van der Waals surface area (Å²) in [5.74, 6) is -0.307. The van der Waals surface area contributed by atoms with Gasteiger partial charge < -0.3 is 10.6 Å². The number of aromatic amines is 1. The second-order valence-electron chi connectivity index (χ2n) is 9.08. The molecule has 12 heteroatoms. The topological polar surface area (TPSA) is 109 Å². The van der Waals surface area contributed by atoms with Crippen molar-refractivity contribution in [3.63, 3.8) is 0 Å². The fourth-order valence-electron chi connectivity index (χ4n) is 3.89. The molecule has 1 fully saturated rings. The molecule has 1 aliphatic carbocycles. The van der Waals surface area contributed by atoms with Crippen molar-refractivity contribution in [2.24, 2.45) is 5.92 Å². The lowest BCUT2D eigenvalue weighted by molar-refractivity contribution is -0.137. The minimum Gasteiger partial charge on any atom is -0.352 e. The Morgan fingerprint density at radius 2 is 1.79 bits per heavy atom.